The Balaban J connectivity index is 1.19. The van der Waals surface area contributed by atoms with Gasteiger partial charge in [-0.25, -0.2) is 13.9 Å². The van der Waals surface area contributed by atoms with Crippen molar-refractivity contribution in [3.63, 3.8) is 0 Å². The van der Waals surface area contributed by atoms with Crippen LogP contribution in [0.25, 0.3) is 5.52 Å². The highest BCUT2D eigenvalue weighted by Crippen LogP contribution is 2.48. The van der Waals surface area contributed by atoms with Crippen LogP contribution < -0.4 is 0 Å². The van der Waals surface area contributed by atoms with E-state index >= 15 is 0 Å². The predicted octanol–water partition coefficient (Wildman–Crippen LogP) is 8.76. The van der Waals surface area contributed by atoms with Gasteiger partial charge >= 0.3 is 8.60 Å². The third-order valence-electron chi connectivity index (χ3n) is 8.79. The van der Waals surface area contributed by atoms with E-state index in [2.05, 4.69) is 23.1 Å². The highest BCUT2D eigenvalue weighted by atomic mass is 31.2. The molecule has 3 aromatic rings. The van der Waals surface area contributed by atoms with Crippen molar-refractivity contribution >= 4 is 14.1 Å². The molecule has 4 atom stereocenters. The molecule has 1 aliphatic heterocycles. The van der Waals surface area contributed by atoms with Gasteiger partial charge in [0.25, 0.3) is 5.79 Å². The molecular formula is C37H51FN5O6P. The summed E-state index contributed by atoms with van der Waals surface area (Å²) in [6, 6.07) is 11.7. The minimum atomic E-state index is -2.52. The normalized spacial score (nSPS) is 18.6. The fourth-order valence-electron chi connectivity index (χ4n) is 6.07. The van der Waals surface area contributed by atoms with Crippen LogP contribution in [-0.2, 0) is 29.9 Å². The number of unbranched alkanes of at least 4 members (excludes halogenated alkanes) is 12. The van der Waals surface area contributed by atoms with Crippen molar-refractivity contribution in [1.82, 2.24) is 14.6 Å². The van der Waals surface area contributed by atoms with Gasteiger partial charge in [0.2, 0.25) is 0 Å². The summed E-state index contributed by atoms with van der Waals surface area (Å²) in [5.41, 5.74) is 2.22. The second-order valence-corrected chi connectivity index (χ2v) is 13.8. The Hall–Kier alpha value is -3.06. The third-order valence-corrected chi connectivity index (χ3v) is 9.61. The zero-order chi connectivity index (χ0) is 35.4. The molecule has 3 heterocycles. The SMILES string of the molecule is CCCCCCCCCCCCCCCOCC(COP(O)OC1(C#N)CCC(c2ccc3cncnn23)O1)OCc1cc(F)cc(C#N)c1. The van der Waals surface area contributed by atoms with Crippen LogP contribution in [0.5, 0.6) is 0 Å². The fraction of sp³-hybridized carbons (Fsp3) is 0.622. The molecule has 272 valence electrons. The van der Waals surface area contributed by atoms with Crippen LogP contribution in [0.1, 0.15) is 126 Å². The lowest BCUT2D eigenvalue weighted by Gasteiger charge is -2.25. The lowest BCUT2D eigenvalue weighted by Crippen LogP contribution is -2.29. The molecule has 0 spiro atoms. The second-order valence-electron chi connectivity index (χ2n) is 12.8. The first-order valence-corrected chi connectivity index (χ1v) is 19.1. The van der Waals surface area contributed by atoms with Crippen LogP contribution in [-0.4, -0.2) is 51.2 Å². The maximum absolute atomic E-state index is 14.0. The second kappa shape index (κ2) is 22.0. The topological polar surface area (TPSA) is 144 Å². The molecule has 0 bridgehead atoms. The molecule has 2 aromatic heterocycles. The van der Waals surface area contributed by atoms with Gasteiger partial charge in [-0.05, 0) is 48.7 Å². The molecule has 11 nitrogen and oxygen atoms in total. The van der Waals surface area contributed by atoms with Crippen molar-refractivity contribution in [3.05, 3.63) is 65.5 Å². The van der Waals surface area contributed by atoms with Crippen LogP contribution in [0.2, 0.25) is 0 Å². The molecule has 0 saturated carbocycles. The lowest BCUT2D eigenvalue weighted by molar-refractivity contribution is -0.141. The van der Waals surface area contributed by atoms with E-state index in [0.29, 0.717) is 18.6 Å². The first kappa shape index (κ1) is 39.7. The zero-order valence-electron chi connectivity index (χ0n) is 29.2. The third kappa shape index (κ3) is 13.2. The van der Waals surface area contributed by atoms with Crippen LogP contribution in [0, 0.1) is 28.5 Å². The van der Waals surface area contributed by atoms with E-state index in [1.165, 1.54) is 83.0 Å². The molecule has 4 rings (SSSR count). The van der Waals surface area contributed by atoms with Gasteiger partial charge in [-0.1, -0.05) is 84.0 Å². The molecule has 1 aliphatic rings. The van der Waals surface area contributed by atoms with Crippen molar-refractivity contribution in [2.24, 2.45) is 0 Å². The number of fused-ring (bicyclic) bond motifs is 1. The van der Waals surface area contributed by atoms with E-state index in [-0.39, 0.29) is 31.8 Å². The summed E-state index contributed by atoms with van der Waals surface area (Å²) < 4.78 is 44.9. The first-order valence-electron chi connectivity index (χ1n) is 18.0. The summed E-state index contributed by atoms with van der Waals surface area (Å²) in [6.45, 7) is 2.88. The average molecular weight is 712 g/mol. The van der Waals surface area contributed by atoms with Crippen LogP contribution in [0.15, 0.2) is 42.9 Å². The predicted molar refractivity (Wildman–Crippen MR) is 187 cm³/mol. The molecule has 4 unspecified atom stereocenters. The quantitative estimate of drug-likeness (QED) is 0.0669. The van der Waals surface area contributed by atoms with Gasteiger partial charge in [-0.15, -0.1) is 0 Å². The number of halogens is 1. The maximum Gasteiger partial charge on any atom is 0.333 e. The summed E-state index contributed by atoms with van der Waals surface area (Å²) >= 11 is 0. The van der Waals surface area contributed by atoms with Crippen molar-refractivity contribution < 1.29 is 32.5 Å². The van der Waals surface area contributed by atoms with Gasteiger partial charge in [0.15, 0.2) is 0 Å². The Bertz CT molecular complexity index is 1520. The highest BCUT2D eigenvalue weighted by molar-refractivity contribution is 7.40. The molecule has 50 heavy (non-hydrogen) atoms. The molecule has 0 radical (unpaired) electrons. The summed E-state index contributed by atoms with van der Waals surface area (Å²) in [5.74, 6) is -2.22. The summed E-state index contributed by atoms with van der Waals surface area (Å²) in [4.78, 5) is 14.7. The van der Waals surface area contributed by atoms with Gasteiger partial charge < -0.3 is 23.6 Å². The average Bonchev–Trinajstić information content (AvgIpc) is 3.75. The van der Waals surface area contributed by atoms with Crippen molar-refractivity contribution in [1.29, 1.82) is 10.5 Å². The van der Waals surface area contributed by atoms with E-state index in [0.717, 1.165) is 30.1 Å². The number of ether oxygens (including phenoxy) is 3. The van der Waals surface area contributed by atoms with Crippen LogP contribution >= 0.6 is 8.60 Å². The van der Waals surface area contributed by atoms with Crippen LogP contribution in [0.4, 0.5) is 4.39 Å². The molecule has 0 aliphatic carbocycles. The number of nitriles is 2. The molecule has 1 N–H and O–H groups in total. The highest BCUT2D eigenvalue weighted by Gasteiger charge is 2.46. The molecule has 13 heteroatoms. The number of hydrogen-bond acceptors (Lipinski definition) is 10. The van der Waals surface area contributed by atoms with Crippen LogP contribution in [0.3, 0.4) is 0 Å². The van der Waals surface area contributed by atoms with Gasteiger partial charge in [-0.3, -0.25) is 4.52 Å². The van der Waals surface area contributed by atoms with Crippen molar-refractivity contribution in [3.8, 4) is 12.1 Å². The molecule has 1 aromatic carbocycles. The molecule has 0 amide bonds. The standard InChI is InChI=1S/C37H51FN5O6P/c1-2-3-4-5-6-7-8-9-10-11-12-13-14-19-45-26-34(46-25-31-20-30(23-39)21-32(38)22-31)27-47-50(44)49-37(28-40)18-17-36(48-37)35-16-15-33-24-41-29-42-43(33)35/h15-16,20-22,24,29,34,36,44H,2-14,17-19,25-27H2,1H3. The number of rotatable bonds is 25. The van der Waals surface area contributed by atoms with Gasteiger partial charge in [0.1, 0.15) is 30.4 Å². The lowest BCUT2D eigenvalue weighted by atomic mass is 10.0. The maximum atomic E-state index is 14.0. The van der Waals surface area contributed by atoms with Crippen molar-refractivity contribution in [2.45, 2.75) is 128 Å². The molecular weight excluding hydrogens is 660 g/mol. The van der Waals surface area contributed by atoms with Gasteiger partial charge in [0.05, 0.1) is 48.9 Å². The Morgan fingerprint density at radius 1 is 1.02 bits per heavy atom. The minimum absolute atomic E-state index is 0.00846. The fourth-order valence-corrected chi connectivity index (χ4v) is 6.84. The monoisotopic (exact) mass is 711 g/mol. The number of nitrogens with zero attached hydrogens (tertiary/aromatic N) is 5. The Kier molecular flexibility index (Phi) is 17.5. The van der Waals surface area contributed by atoms with E-state index in [9.17, 15) is 19.8 Å². The van der Waals surface area contributed by atoms with E-state index in [1.54, 1.807) is 16.8 Å². The molecule has 1 saturated heterocycles. The minimum Gasteiger partial charge on any atom is -0.379 e. The van der Waals surface area contributed by atoms with E-state index in [4.69, 9.17) is 23.3 Å². The Morgan fingerprint density at radius 2 is 1.74 bits per heavy atom. The zero-order valence-corrected chi connectivity index (χ0v) is 30.1. The van der Waals surface area contributed by atoms with Gasteiger partial charge in [0, 0.05) is 13.0 Å². The first-order chi connectivity index (χ1) is 24.4. The summed E-state index contributed by atoms with van der Waals surface area (Å²) in [5, 5.41) is 23.4. The van der Waals surface area contributed by atoms with Crippen molar-refractivity contribution in [2.75, 3.05) is 19.8 Å². The van der Waals surface area contributed by atoms with E-state index in [1.807, 2.05) is 18.2 Å². The number of hydrogen-bond donors (Lipinski definition) is 1. The Labute approximate surface area is 296 Å². The number of benzene rings is 1. The smallest absolute Gasteiger partial charge is 0.333 e. The van der Waals surface area contributed by atoms with E-state index < -0.39 is 32.4 Å². The van der Waals surface area contributed by atoms with Gasteiger partial charge in [-0.2, -0.15) is 15.6 Å². The summed E-state index contributed by atoms with van der Waals surface area (Å²) in [7, 11) is -2.52. The Morgan fingerprint density at radius 3 is 2.44 bits per heavy atom. The largest absolute Gasteiger partial charge is 0.379 e. The molecule has 1 fully saturated rings. The summed E-state index contributed by atoms with van der Waals surface area (Å²) in [6.07, 6.45) is 19.1. The number of aromatic nitrogens is 3.